The molecule has 0 aliphatic carbocycles. The van der Waals surface area contributed by atoms with Gasteiger partial charge >= 0.3 is 6.18 Å². The normalized spacial score (nSPS) is 15.8. The summed E-state index contributed by atoms with van der Waals surface area (Å²) in [5, 5.41) is -0.178. The summed E-state index contributed by atoms with van der Waals surface area (Å²) in [6.07, 6.45) is -5.61. The number of morpholine rings is 1. The lowest BCUT2D eigenvalue weighted by molar-refractivity contribution is -0.142. The molecule has 1 amide bonds. The number of hydrogen-bond acceptors (Lipinski definition) is 5. The molecule has 0 bridgehead atoms. The quantitative estimate of drug-likeness (QED) is 0.663. The maximum atomic E-state index is 13.2. The van der Waals surface area contributed by atoms with Crippen molar-refractivity contribution in [3.8, 4) is 5.75 Å². The van der Waals surface area contributed by atoms with Crippen molar-refractivity contribution in [2.45, 2.75) is 24.1 Å². The SMILES string of the molecule is C[C@H](Oc1ccc(S(=O)(=O)Nc2ccc(Cl)cc2C(F)(F)F)cc1)C(=O)N1CCOCC1. The molecule has 3 rings (SSSR count). The van der Waals surface area contributed by atoms with Gasteiger partial charge in [-0.2, -0.15) is 13.2 Å². The molecule has 0 unspecified atom stereocenters. The molecule has 174 valence electrons. The van der Waals surface area contributed by atoms with E-state index in [1.807, 2.05) is 4.72 Å². The van der Waals surface area contributed by atoms with Gasteiger partial charge in [0.15, 0.2) is 6.10 Å². The van der Waals surface area contributed by atoms with Gasteiger partial charge in [-0.1, -0.05) is 11.6 Å². The largest absolute Gasteiger partial charge is 0.481 e. The van der Waals surface area contributed by atoms with E-state index in [-0.39, 0.29) is 21.6 Å². The zero-order chi connectivity index (χ0) is 23.5. The Balaban J connectivity index is 1.72. The first-order valence-electron chi connectivity index (χ1n) is 9.50. The maximum Gasteiger partial charge on any atom is 0.418 e. The van der Waals surface area contributed by atoms with E-state index >= 15 is 0 Å². The number of halogens is 4. The molecular weight excluding hydrogens is 473 g/mol. The second-order valence-corrected chi connectivity index (χ2v) is 9.08. The Hall–Kier alpha value is -2.50. The van der Waals surface area contributed by atoms with Gasteiger partial charge in [0.2, 0.25) is 0 Å². The fourth-order valence-electron chi connectivity index (χ4n) is 3.04. The summed E-state index contributed by atoms with van der Waals surface area (Å²) in [6.45, 7) is 3.38. The highest BCUT2D eigenvalue weighted by atomic mass is 35.5. The van der Waals surface area contributed by atoms with Crippen LogP contribution in [0.5, 0.6) is 5.75 Å². The molecule has 32 heavy (non-hydrogen) atoms. The van der Waals surface area contributed by atoms with Gasteiger partial charge < -0.3 is 14.4 Å². The number of amides is 1. The number of hydrogen-bond donors (Lipinski definition) is 1. The van der Waals surface area contributed by atoms with Crippen molar-refractivity contribution in [1.82, 2.24) is 4.90 Å². The standard InChI is InChI=1S/C20H20ClF3N2O5S/c1-13(19(27)26-8-10-30-11-9-26)31-15-3-5-16(6-4-15)32(28,29)25-18-7-2-14(21)12-17(18)20(22,23)24/h2-7,12-13,25H,8-11H2,1H3/t13-/m0/s1. The summed E-state index contributed by atoms with van der Waals surface area (Å²) in [7, 11) is -4.33. The van der Waals surface area contributed by atoms with Crippen LogP contribution in [0.15, 0.2) is 47.4 Å². The van der Waals surface area contributed by atoms with E-state index < -0.39 is 33.6 Å². The number of alkyl halides is 3. The van der Waals surface area contributed by atoms with Crippen molar-refractivity contribution in [1.29, 1.82) is 0 Å². The Morgan fingerprint density at radius 2 is 1.78 bits per heavy atom. The van der Waals surface area contributed by atoms with E-state index in [9.17, 15) is 26.4 Å². The van der Waals surface area contributed by atoms with Crippen LogP contribution < -0.4 is 9.46 Å². The van der Waals surface area contributed by atoms with Gasteiger partial charge in [0, 0.05) is 18.1 Å². The topological polar surface area (TPSA) is 84.9 Å². The van der Waals surface area contributed by atoms with Crippen LogP contribution in [0.3, 0.4) is 0 Å². The maximum absolute atomic E-state index is 13.2. The third-order valence-corrected chi connectivity index (χ3v) is 6.27. The molecule has 0 saturated carbocycles. The van der Waals surface area contributed by atoms with Crippen LogP contribution in [0.25, 0.3) is 0 Å². The number of benzene rings is 2. The highest BCUT2D eigenvalue weighted by Crippen LogP contribution is 2.37. The molecule has 0 aromatic heterocycles. The molecule has 1 N–H and O–H groups in total. The summed E-state index contributed by atoms with van der Waals surface area (Å²) < 4.78 is 77.6. The number of carbonyl (C=O) groups excluding carboxylic acids is 1. The predicted octanol–water partition coefficient (Wildman–Crippen LogP) is 3.79. The van der Waals surface area contributed by atoms with Crippen molar-refractivity contribution in [2.24, 2.45) is 0 Å². The van der Waals surface area contributed by atoms with Gasteiger partial charge in [-0.3, -0.25) is 9.52 Å². The molecule has 1 aliphatic rings. The summed E-state index contributed by atoms with van der Waals surface area (Å²) in [5.41, 5.74) is -1.85. The van der Waals surface area contributed by atoms with Gasteiger partial charge in [0.25, 0.3) is 15.9 Å². The molecule has 7 nitrogen and oxygen atoms in total. The van der Waals surface area contributed by atoms with Crippen LogP contribution in [-0.2, 0) is 25.7 Å². The third-order valence-electron chi connectivity index (χ3n) is 4.65. The molecule has 2 aromatic rings. The second-order valence-electron chi connectivity index (χ2n) is 6.96. The summed E-state index contributed by atoms with van der Waals surface area (Å²) in [4.78, 5) is 13.7. The Morgan fingerprint density at radius 3 is 2.38 bits per heavy atom. The molecule has 1 heterocycles. The minimum absolute atomic E-state index is 0.178. The van der Waals surface area contributed by atoms with Crippen molar-refractivity contribution >= 4 is 33.2 Å². The zero-order valence-corrected chi connectivity index (χ0v) is 18.4. The smallest absolute Gasteiger partial charge is 0.418 e. The van der Waals surface area contributed by atoms with E-state index in [0.29, 0.717) is 32.4 Å². The second kappa shape index (κ2) is 9.55. The minimum atomic E-state index is -4.80. The number of nitrogens with zero attached hydrogens (tertiary/aromatic N) is 1. The van der Waals surface area contributed by atoms with Crippen LogP contribution in [0, 0.1) is 0 Å². The highest BCUT2D eigenvalue weighted by molar-refractivity contribution is 7.92. The van der Waals surface area contributed by atoms with E-state index in [2.05, 4.69) is 0 Å². The lowest BCUT2D eigenvalue weighted by Gasteiger charge is -2.29. The van der Waals surface area contributed by atoms with Crippen molar-refractivity contribution in [3.05, 3.63) is 53.1 Å². The first-order valence-corrected chi connectivity index (χ1v) is 11.4. The number of nitrogens with one attached hydrogen (secondary N) is 1. The fourth-order valence-corrected chi connectivity index (χ4v) is 4.29. The number of carbonyl (C=O) groups is 1. The Labute approximate surface area is 188 Å². The minimum Gasteiger partial charge on any atom is -0.481 e. The molecule has 0 spiro atoms. The molecule has 1 aliphatic heterocycles. The van der Waals surface area contributed by atoms with Gasteiger partial charge in [-0.15, -0.1) is 0 Å². The summed E-state index contributed by atoms with van der Waals surface area (Å²) >= 11 is 5.62. The molecule has 1 atom stereocenters. The summed E-state index contributed by atoms with van der Waals surface area (Å²) in [5.74, 6) is 0.00890. The zero-order valence-electron chi connectivity index (χ0n) is 16.9. The van der Waals surface area contributed by atoms with Crippen molar-refractivity contribution in [3.63, 3.8) is 0 Å². The van der Waals surface area contributed by atoms with E-state index in [1.165, 1.54) is 24.3 Å². The fraction of sp³-hybridized carbons (Fsp3) is 0.350. The lowest BCUT2D eigenvalue weighted by atomic mass is 10.2. The molecule has 12 heteroatoms. The van der Waals surface area contributed by atoms with Crippen LogP contribution in [-0.4, -0.2) is 51.6 Å². The first-order chi connectivity index (χ1) is 15.0. The number of rotatable bonds is 6. The van der Waals surface area contributed by atoms with Crippen molar-refractivity contribution < 1.29 is 35.9 Å². The molecular formula is C20H20ClF3N2O5S. The van der Waals surface area contributed by atoms with Crippen LogP contribution in [0.4, 0.5) is 18.9 Å². The molecule has 2 aromatic carbocycles. The monoisotopic (exact) mass is 492 g/mol. The number of sulfonamides is 1. The predicted molar refractivity (Wildman–Crippen MR) is 111 cm³/mol. The van der Waals surface area contributed by atoms with E-state index in [0.717, 1.165) is 12.1 Å². The van der Waals surface area contributed by atoms with Gasteiger partial charge in [-0.05, 0) is 49.4 Å². The number of anilines is 1. The van der Waals surface area contributed by atoms with Crippen molar-refractivity contribution in [2.75, 3.05) is 31.0 Å². The first kappa shape index (κ1) is 24.1. The molecule has 0 radical (unpaired) electrons. The van der Waals surface area contributed by atoms with Crippen LogP contribution in [0.2, 0.25) is 5.02 Å². The van der Waals surface area contributed by atoms with Crippen LogP contribution in [0.1, 0.15) is 12.5 Å². The van der Waals surface area contributed by atoms with Gasteiger partial charge in [-0.25, -0.2) is 8.42 Å². The Morgan fingerprint density at radius 1 is 1.16 bits per heavy atom. The van der Waals surface area contributed by atoms with E-state index in [4.69, 9.17) is 21.1 Å². The Kier molecular flexibility index (Phi) is 7.21. The van der Waals surface area contributed by atoms with Gasteiger partial charge in [0.1, 0.15) is 5.75 Å². The lowest BCUT2D eigenvalue weighted by Crippen LogP contribution is -2.46. The molecule has 1 saturated heterocycles. The number of ether oxygens (including phenoxy) is 2. The average Bonchev–Trinajstić information content (AvgIpc) is 2.74. The highest BCUT2D eigenvalue weighted by Gasteiger charge is 2.35. The summed E-state index contributed by atoms with van der Waals surface area (Å²) in [6, 6.07) is 7.73. The van der Waals surface area contributed by atoms with Crippen LogP contribution >= 0.6 is 11.6 Å². The third kappa shape index (κ3) is 5.84. The Bertz CT molecular complexity index is 1070. The van der Waals surface area contributed by atoms with Gasteiger partial charge in [0.05, 0.1) is 29.4 Å². The average molecular weight is 493 g/mol. The molecule has 1 fully saturated rings. The van der Waals surface area contributed by atoms with E-state index in [1.54, 1.807) is 11.8 Å².